The van der Waals surface area contributed by atoms with Crippen molar-refractivity contribution < 1.29 is 9.53 Å². The summed E-state index contributed by atoms with van der Waals surface area (Å²) in [5.74, 6) is 1.66. The molecular weight excluding hydrogens is 384 g/mol. The molecule has 0 unspecified atom stereocenters. The van der Waals surface area contributed by atoms with Crippen LogP contribution < -0.4 is 10.1 Å². The molecule has 0 radical (unpaired) electrons. The van der Waals surface area contributed by atoms with Crippen LogP contribution in [-0.2, 0) is 6.54 Å². The predicted octanol–water partition coefficient (Wildman–Crippen LogP) is 5.73. The van der Waals surface area contributed by atoms with E-state index in [0.717, 1.165) is 48.6 Å². The van der Waals surface area contributed by atoms with Crippen molar-refractivity contribution in [1.82, 2.24) is 10.2 Å². The van der Waals surface area contributed by atoms with Gasteiger partial charge in [-0.1, -0.05) is 51.1 Å². The van der Waals surface area contributed by atoms with E-state index in [2.05, 4.69) is 49.2 Å². The van der Waals surface area contributed by atoms with Crippen LogP contribution >= 0.6 is 0 Å². The lowest BCUT2D eigenvalue weighted by Crippen LogP contribution is -2.44. The molecule has 0 aromatic heterocycles. The van der Waals surface area contributed by atoms with Crippen LogP contribution in [-0.4, -0.2) is 29.5 Å². The fourth-order valence-electron chi connectivity index (χ4n) is 5.12. The molecule has 2 heterocycles. The number of hydrogen-bond donors (Lipinski definition) is 1. The summed E-state index contributed by atoms with van der Waals surface area (Å²) in [5.41, 5.74) is 2.85. The van der Waals surface area contributed by atoms with E-state index >= 15 is 0 Å². The van der Waals surface area contributed by atoms with E-state index in [0.29, 0.717) is 0 Å². The van der Waals surface area contributed by atoms with Gasteiger partial charge in [0.25, 0.3) is 5.91 Å². The van der Waals surface area contributed by atoms with Gasteiger partial charge in [-0.05, 0) is 61.9 Å². The van der Waals surface area contributed by atoms with Crippen LogP contribution in [0.1, 0.15) is 80.4 Å². The Balaban J connectivity index is 1.45. The maximum Gasteiger partial charge on any atom is 0.251 e. The molecule has 31 heavy (non-hydrogen) atoms. The van der Waals surface area contributed by atoms with E-state index in [1.807, 2.05) is 30.3 Å². The smallest absolute Gasteiger partial charge is 0.251 e. The van der Waals surface area contributed by atoms with Gasteiger partial charge in [0.15, 0.2) is 0 Å². The Kier molecular flexibility index (Phi) is 6.66. The third kappa shape index (κ3) is 4.95. The zero-order chi connectivity index (χ0) is 21.8. The first kappa shape index (κ1) is 21.9. The molecule has 1 N–H and O–H groups in total. The van der Waals surface area contributed by atoms with E-state index in [1.165, 1.54) is 31.5 Å². The van der Waals surface area contributed by atoms with Crippen LogP contribution in [0.25, 0.3) is 0 Å². The number of carbonyl (C=O) groups is 1. The molecule has 0 spiro atoms. The van der Waals surface area contributed by atoms with Crippen molar-refractivity contribution in [3.8, 4) is 5.75 Å². The molecule has 2 aromatic carbocycles. The van der Waals surface area contributed by atoms with Gasteiger partial charge in [0, 0.05) is 30.6 Å². The molecule has 4 heteroatoms. The summed E-state index contributed by atoms with van der Waals surface area (Å²) < 4.78 is 6.37. The number of ether oxygens (including phenoxy) is 1. The first-order valence-electron chi connectivity index (χ1n) is 11.9. The van der Waals surface area contributed by atoms with Gasteiger partial charge in [0.05, 0.1) is 6.04 Å². The van der Waals surface area contributed by atoms with Crippen molar-refractivity contribution >= 4 is 5.91 Å². The molecule has 0 aliphatic carbocycles. The van der Waals surface area contributed by atoms with E-state index in [9.17, 15) is 4.79 Å². The number of rotatable bonds is 6. The Morgan fingerprint density at radius 1 is 1.13 bits per heavy atom. The fraction of sp³-hybridized carbons (Fsp3) is 0.519. The molecule has 0 bridgehead atoms. The third-order valence-electron chi connectivity index (χ3n) is 7.15. The monoisotopic (exact) mass is 420 g/mol. The van der Waals surface area contributed by atoms with Crippen LogP contribution in [0.2, 0.25) is 0 Å². The van der Waals surface area contributed by atoms with Crippen molar-refractivity contribution in [2.24, 2.45) is 5.92 Å². The second kappa shape index (κ2) is 9.44. The van der Waals surface area contributed by atoms with Gasteiger partial charge in [-0.25, -0.2) is 0 Å². The molecule has 0 saturated carbocycles. The minimum Gasteiger partial charge on any atom is -0.487 e. The highest BCUT2D eigenvalue weighted by molar-refractivity contribution is 5.94. The molecule has 4 rings (SSSR count). The van der Waals surface area contributed by atoms with E-state index in [1.54, 1.807) is 0 Å². The van der Waals surface area contributed by atoms with Crippen LogP contribution in [0.3, 0.4) is 0 Å². The van der Waals surface area contributed by atoms with Crippen molar-refractivity contribution in [3.63, 3.8) is 0 Å². The average molecular weight is 421 g/mol. The number of carbonyl (C=O) groups excluding carboxylic acids is 1. The number of hydrogen-bond acceptors (Lipinski definition) is 3. The Bertz CT molecular complexity index is 888. The summed E-state index contributed by atoms with van der Waals surface area (Å²) >= 11 is 0. The van der Waals surface area contributed by atoms with Crippen molar-refractivity contribution in [2.45, 2.75) is 71.1 Å². The molecule has 2 aliphatic heterocycles. The van der Waals surface area contributed by atoms with E-state index < -0.39 is 0 Å². The first-order chi connectivity index (χ1) is 15.0. The van der Waals surface area contributed by atoms with Gasteiger partial charge in [0.1, 0.15) is 11.4 Å². The minimum atomic E-state index is -0.220. The van der Waals surface area contributed by atoms with Gasteiger partial charge in [-0.2, -0.15) is 0 Å². The second-order valence-electron chi connectivity index (χ2n) is 9.44. The third-order valence-corrected chi connectivity index (χ3v) is 7.15. The molecule has 1 saturated heterocycles. The molecule has 166 valence electrons. The first-order valence-corrected chi connectivity index (χ1v) is 11.9. The van der Waals surface area contributed by atoms with E-state index in [-0.39, 0.29) is 17.6 Å². The Morgan fingerprint density at radius 2 is 1.87 bits per heavy atom. The van der Waals surface area contributed by atoms with Gasteiger partial charge in [-0.15, -0.1) is 0 Å². The summed E-state index contributed by atoms with van der Waals surface area (Å²) in [6.45, 7) is 9.97. The van der Waals surface area contributed by atoms with Gasteiger partial charge >= 0.3 is 0 Å². The van der Waals surface area contributed by atoms with Gasteiger partial charge < -0.3 is 10.1 Å². The van der Waals surface area contributed by atoms with Crippen molar-refractivity contribution in [1.29, 1.82) is 0 Å². The number of benzene rings is 2. The Labute approximate surface area is 187 Å². The molecule has 4 nitrogen and oxygen atoms in total. The number of nitrogens with one attached hydrogen (secondary N) is 1. The SMILES string of the molecule is CCC1(CC)C[C@@H](NC(=O)c2ccc(CN3CCC[C@H](C)C3)cc2)c2ccccc2O1. The number of piperidine rings is 1. The minimum absolute atomic E-state index is 0.0130. The summed E-state index contributed by atoms with van der Waals surface area (Å²) in [5, 5.41) is 3.29. The number of likely N-dealkylation sites (tertiary alicyclic amines) is 1. The molecule has 1 fully saturated rings. The second-order valence-corrected chi connectivity index (χ2v) is 9.44. The topological polar surface area (TPSA) is 41.6 Å². The van der Waals surface area contributed by atoms with Gasteiger partial charge in [-0.3, -0.25) is 9.69 Å². The van der Waals surface area contributed by atoms with Crippen LogP contribution in [0, 0.1) is 5.92 Å². The summed E-state index contributed by atoms with van der Waals surface area (Å²) in [6, 6.07) is 16.2. The number of nitrogens with zero attached hydrogens (tertiary/aromatic N) is 1. The van der Waals surface area contributed by atoms with Crippen LogP contribution in [0.15, 0.2) is 48.5 Å². The average Bonchev–Trinajstić information content (AvgIpc) is 2.79. The molecular formula is C27H36N2O2. The number of para-hydroxylation sites is 1. The summed E-state index contributed by atoms with van der Waals surface area (Å²) in [4.78, 5) is 15.6. The quantitative estimate of drug-likeness (QED) is 0.649. The maximum absolute atomic E-state index is 13.1. The van der Waals surface area contributed by atoms with Gasteiger partial charge in [0.2, 0.25) is 0 Å². The molecule has 1 amide bonds. The normalized spacial score (nSPS) is 22.9. The lowest BCUT2D eigenvalue weighted by Gasteiger charge is -2.41. The highest BCUT2D eigenvalue weighted by Gasteiger charge is 2.39. The predicted molar refractivity (Wildman–Crippen MR) is 125 cm³/mol. The molecule has 2 aliphatic rings. The highest BCUT2D eigenvalue weighted by Crippen LogP contribution is 2.42. The maximum atomic E-state index is 13.1. The highest BCUT2D eigenvalue weighted by atomic mass is 16.5. The number of fused-ring (bicyclic) bond motifs is 1. The Hall–Kier alpha value is -2.33. The van der Waals surface area contributed by atoms with Crippen molar-refractivity contribution in [3.05, 3.63) is 65.2 Å². The lowest BCUT2D eigenvalue weighted by molar-refractivity contribution is 0.0227. The fourth-order valence-corrected chi connectivity index (χ4v) is 5.12. The summed E-state index contributed by atoms with van der Waals surface area (Å²) in [6.07, 6.45) is 5.27. The van der Waals surface area contributed by atoms with E-state index in [4.69, 9.17) is 4.74 Å². The standard InChI is InChI=1S/C27H36N2O2/c1-4-27(5-2)17-24(23-10-6-7-11-25(23)31-27)28-26(30)22-14-12-21(13-15-22)19-29-16-8-9-20(3)18-29/h6-7,10-15,20,24H,4-5,8-9,16-19H2,1-3H3,(H,28,30)/t20-,24+/m0/s1. The Morgan fingerprint density at radius 3 is 2.58 bits per heavy atom. The molecule has 2 atom stereocenters. The zero-order valence-corrected chi connectivity index (χ0v) is 19.2. The van der Waals surface area contributed by atoms with Crippen molar-refractivity contribution in [2.75, 3.05) is 13.1 Å². The number of amides is 1. The van der Waals surface area contributed by atoms with Crippen LogP contribution in [0.4, 0.5) is 0 Å². The molecule has 2 aromatic rings. The lowest BCUT2D eigenvalue weighted by atomic mass is 9.83. The largest absolute Gasteiger partial charge is 0.487 e. The van der Waals surface area contributed by atoms with Crippen LogP contribution in [0.5, 0.6) is 5.75 Å². The summed E-state index contributed by atoms with van der Waals surface area (Å²) in [7, 11) is 0. The zero-order valence-electron chi connectivity index (χ0n) is 19.2.